The number of ether oxygens (including phenoxy) is 1. The molecule has 0 amide bonds. The fraction of sp³-hybridized carbons (Fsp3) is 0.667. The van der Waals surface area contributed by atoms with Gasteiger partial charge in [-0.15, -0.1) is 0 Å². The number of hydrogen-bond donors (Lipinski definition) is 1. The molecule has 1 aromatic rings. The lowest BCUT2D eigenvalue weighted by Gasteiger charge is -2.23. The van der Waals surface area contributed by atoms with E-state index in [1.807, 2.05) is 0 Å². The maximum Gasteiger partial charge on any atom is 0.122 e. The molecule has 20 heavy (non-hydrogen) atoms. The van der Waals surface area contributed by atoms with Gasteiger partial charge >= 0.3 is 0 Å². The third-order valence-electron chi connectivity index (χ3n) is 4.59. The normalized spacial score (nSPS) is 17.9. The number of aryl methyl sites for hydroxylation is 1. The Balaban J connectivity index is 1.84. The summed E-state index contributed by atoms with van der Waals surface area (Å²) in [5, 5.41) is 0. The van der Waals surface area contributed by atoms with Crippen LogP contribution in [0.1, 0.15) is 56.1 Å². The minimum Gasteiger partial charge on any atom is -0.496 e. The zero-order valence-electron chi connectivity index (χ0n) is 13.0. The highest BCUT2D eigenvalue weighted by Gasteiger charge is 2.15. The Morgan fingerprint density at radius 2 is 2.00 bits per heavy atom. The molecule has 1 fully saturated rings. The molecule has 0 aromatic heterocycles. The molecule has 1 aliphatic carbocycles. The number of benzene rings is 1. The maximum absolute atomic E-state index is 6.34. The van der Waals surface area contributed by atoms with Gasteiger partial charge in [0.25, 0.3) is 0 Å². The van der Waals surface area contributed by atoms with Crippen LogP contribution in [0.25, 0.3) is 0 Å². The predicted molar refractivity (Wildman–Crippen MR) is 85.2 cm³/mol. The van der Waals surface area contributed by atoms with Crippen molar-refractivity contribution in [2.24, 2.45) is 11.7 Å². The quantitative estimate of drug-likeness (QED) is 0.843. The second-order valence-corrected chi connectivity index (χ2v) is 6.36. The van der Waals surface area contributed by atoms with E-state index in [4.69, 9.17) is 10.5 Å². The lowest BCUT2D eigenvalue weighted by molar-refractivity contribution is 0.322. The Bertz CT molecular complexity index is 410. The Hall–Kier alpha value is -1.02. The molecule has 0 bridgehead atoms. The van der Waals surface area contributed by atoms with E-state index in [1.165, 1.54) is 49.7 Å². The Kier molecular flexibility index (Phi) is 5.90. The van der Waals surface area contributed by atoms with Gasteiger partial charge in [0.1, 0.15) is 5.75 Å². The fourth-order valence-corrected chi connectivity index (χ4v) is 3.38. The summed E-state index contributed by atoms with van der Waals surface area (Å²) in [6, 6.07) is 6.61. The molecule has 1 saturated carbocycles. The summed E-state index contributed by atoms with van der Waals surface area (Å²) in [5.74, 6) is 1.90. The summed E-state index contributed by atoms with van der Waals surface area (Å²) in [6.07, 6.45) is 10.5. The summed E-state index contributed by atoms with van der Waals surface area (Å²) in [5.41, 5.74) is 8.87. The number of hydrogen-bond acceptors (Lipinski definition) is 2. The van der Waals surface area contributed by atoms with Crippen molar-refractivity contribution in [3.63, 3.8) is 0 Å². The summed E-state index contributed by atoms with van der Waals surface area (Å²) >= 11 is 0. The Morgan fingerprint density at radius 3 is 2.70 bits per heavy atom. The van der Waals surface area contributed by atoms with Crippen LogP contribution in [0.4, 0.5) is 0 Å². The van der Waals surface area contributed by atoms with Crippen LogP contribution >= 0.6 is 0 Å². The van der Waals surface area contributed by atoms with Crippen LogP contribution in [0.2, 0.25) is 0 Å². The van der Waals surface area contributed by atoms with E-state index in [9.17, 15) is 0 Å². The molecule has 112 valence electrons. The third-order valence-corrected chi connectivity index (χ3v) is 4.59. The zero-order chi connectivity index (χ0) is 14.4. The summed E-state index contributed by atoms with van der Waals surface area (Å²) in [6.45, 7) is 2.12. The van der Waals surface area contributed by atoms with Gasteiger partial charge in [-0.25, -0.2) is 0 Å². The lowest BCUT2D eigenvalue weighted by atomic mass is 9.84. The molecule has 0 spiro atoms. The topological polar surface area (TPSA) is 35.2 Å². The van der Waals surface area contributed by atoms with Crippen LogP contribution in [-0.4, -0.2) is 13.2 Å². The maximum atomic E-state index is 6.34. The van der Waals surface area contributed by atoms with E-state index in [0.717, 1.165) is 24.5 Å². The molecule has 1 aliphatic rings. The summed E-state index contributed by atoms with van der Waals surface area (Å²) in [7, 11) is 1.74. The number of methoxy groups -OCH3 is 1. The second-order valence-electron chi connectivity index (χ2n) is 6.36. The van der Waals surface area contributed by atoms with Crippen molar-refractivity contribution in [3.05, 3.63) is 29.3 Å². The highest BCUT2D eigenvalue weighted by atomic mass is 16.5. The first-order valence-corrected chi connectivity index (χ1v) is 8.08. The van der Waals surface area contributed by atoms with Crippen LogP contribution in [-0.2, 0) is 6.42 Å². The third kappa shape index (κ3) is 4.52. The van der Waals surface area contributed by atoms with Crippen molar-refractivity contribution < 1.29 is 4.74 Å². The molecule has 1 unspecified atom stereocenters. The molecule has 0 aliphatic heterocycles. The minimum absolute atomic E-state index is 0.257. The average Bonchev–Trinajstić information content (AvgIpc) is 2.46. The Labute approximate surface area is 123 Å². The van der Waals surface area contributed by atoms with Crippen LogP contribution in [0.3, 0.4) is 0 Å². The van der Waals surface area contributed by atoms with Crippen LogP contribution in [0.5, 0.6) is 5.75 Å². The van der Waals surface area contributed by atoms with Crippen molar-refractivity contribution in [1.82, 2.24) is 0 Å². The molecule has 1 aromatic carbocycles. The van der Waals surface area contributed by atoms with Gasteiger partial charge in [0.15, 0.2) is 0 Å². The van der Waals surface area contributed by atoms with E-state index >= 15 is 0 Å². The van der Waals surface area contributed by atoms with Gasteiger partial charge in [0.05, 0.1) is 7.11 Å². The predicted octanol–water partition coefficient (Wildman–Crippen LogP) is 4.23. The molecule has 2 nitrogen and oxygen atoms in total. The van der Waals surface area contributed by atoms with Crippen molar-refractivity contribution in [3.8, 4) is 5.75 Å². The van der Waals surface area contributed by atoms with Crippen molar-refractivity contribution in [1.29, 1.82) is 0 Å². The van der Waals surface area contributed by atoms with E-state index < -0.39 is 0 Å². The van der Waals surface area contributed by atoms with E-state index in [1.54, 1.807) is 7.11 Å². The van der Waals surface area contributed by atoms with Crippen LogP contribution < -0.4 is 10.5 Å². The summed E-state index contributed by atoms with van der Waals surface area (Å²) in [4.78, 5) is 0. The first kappa shape index (κ1) is 15.4. The summed E-state index contributed by atoms with van der Waals surface area (Å²) < 4.78 is 5.44. The smallest absolute Gasteiger partial charge is 0.122 e. The van der Waals surface area contributed by atoms with Gasteiger partial charge < -0.3 is 10.5 Å². The molecule has 2 heteroatoms. The highest BCUT2D eigenvalue weighted by molar-refractivity contribution is 5.37. The van der Waals surface area contributed by atoms with Crippen molar-refractivity contribution >= 4 is 0 Å². The monoisotopic (exact) mass is 275 g/mol. The fourth-order valence-electron chi connectivity index (χ4n) is 3.38. The molecular weight excluding hydrogens is 246 g/mol. The van der Waals surface area contributed by atoms with Gasteiger partial charge in [-0.3, -0.25) is 0 Å². The van der Waals surface area contributed by atoms with Gasteiger partial charge in [-0.2, -0.15) is 0 Å². The minimum atomic E-state index is 0.257. The lowest BCUT2D eigenvalue weighted by Crippen LogP contribution is -2.24. The van der Waals surface area contributed by atoms with Gasteiger partial charge in [0, 0.05) is 6.04 Å². The second kappa shape index (κ2) is 7.68. The molecule has 1 atom stereocenters. The molecule has 0 saturated heterocycles. The van der Waals surface area contributed by atoms with E-state index in [0.29, 0.717) is 0 Å². The molecule has 0 heterocycles. The zero-order valence-corrected chi connectivity index (χ0v) is 13.0. The number of nitrogens with two attached hydrogens (primary N) is 1. The van der Waals surface area contributed by atoms with E-state index in [-0.39, 0.29) is 6.04 Å². The first-order valence-electron chi connectivity index (χ1n) is 8.08. The highest BCUT2D eigenvalue weighted by Crippen LogP contribution is 2.28. The van der Waals surface area contributed by atoms with Crippen LogP contribution in [0.15, 0.2) is 18.2 Å². The molecular formula is C18H29NO. The number of rotatable bonds is 6. The Morgan fingerprint density at radius 1 is 1.25 bits per heavy atom. The van der Waals surface area contributed by atoms with Gasteiger partial charge in [-0.1, -0.05) is 49.8 Å². The van der Waals surface area contributed by atoms with Crippen LogP contribution in [0, 0.1) is 12.8 Å². The average molecular weight is 275 g/mol. The van der Waals surface area contributed by atoms with Gasteiger partial charge in [-0.05, 0) is 43.7 Å². The molecule has 2 N–H and O–H groups in total. The van der Waals surface area contributed by atoms with Crippen molar-refractivity contribution in [2.75, 3.05) is 7.11 Å². The molecule has 0 radical (unpaired) electrons. The van der Waals surface area contributed by atoms with E-state index in [2.05, 4.69) is 25.1 Å². The SMILES string of the molecule is COc1ccc(C)cc1CC(N)CCC1CCCCC1. The molecule has 2 rings (SSSR count). The van der Waals surface area contributed by atoms with Crippen molar-refractivity contribution in [2.45, 2.75) is 64.3 Å². The standard InChI is InChI=1S/C18H29NO/c1-14-8-11-18(20-2)16(12-14)13-17(19)10-9-15-6-4-3-5-7-15/h8,11-12,15,17H,3-7,9-10,13,19H2,1-2H3. The largest absolute Gasteiger partial charge is 0.496 e. The first-order chi connectivity index (χ1) is 9.69. The van der Waals surface area contributed by atoms with Gasteiger partial charge in [0.2, 0.25) is 0 Å².